The highest BCUT2D eigenvalue weighted by Gasteiger charge is 2.48. The summed E-state index contributed by atoms with van der Waals surface area (Å²) in [5.74, 6) is -0.757. The molecule has 2 amide bonds. The van der Waals surface area contributed by atoms with Crippen molar-refractivity contribution in [2.75, 3.05) is 6.54 Å². The highest BCUT2D eigenvalue weighted by molar-refractivity contribution is 7.89. The zero-order valence-corrected chi connectivity index (χ0v) is 20.8. The Labute approximate surface area is 205 Å². The maximum Gasteiger partial charge on any atom is 0.267 e. The Bertz CT molecular complexity index is 1470. The van der Waals surface area contributed by atoms with E-state index < -0.39 is 22.0 Å². The van der Waals surface area contributed by atoms with Gasteiger partial charge in [0.1, 0.15) is 6.04 Å². The van der Waals surface area contributed by atoms with E-state index in [0.29, 0.717) is 13.1 Å². The summed E-state index contributed by atoms with van der Waals surface area (Å²) in [6.07, 6.45) is 3.09. The number of benzene rings is 2. The van der Waals surface area contributed by atoms with Gasteiger partial charge in [-0.1, -0.05) is 29.3 Å². The summed E-state index contributed by atoms with van der Waals surface area (Å²) >= 11 is 0. The number of fused-ring (bicyclic) bond motifs is 3. The zero-order valence-electron chi connectivity index (χ0n) is 20.0. The molecule has 0 spiro atoms. The average Bonchev–Trinajstić information content (AvgIpc) is 3.39. The molecule has 0 radical (unpaired) electrons. The molecule has 3 aromatic rings. The Morgan fingerprint density at radius 2 is 1.69 bits per heavy atom. The molecule has 8 heteroatoms. The Hall–Kier alpha value is -3.13. The minimum Gasteiger partial charge on any atom is -0.341 e. The molecule has 2 aliphatic heterocycles. The van der Waals surface area contributed by atoms with Crippen molar-refractivity contribution < 1.29 is 18.0 Å². The van der Waals surface area contributed by atoms with Gasteiger partial charge in [0.25, 0.3) is 10.0 Å². The molecule has 35 heavy (non-hydrogen) atoms. The fourth-order valence-corrected chi connectivity index (χ4v) is 7.78. The van der Waals surface area contributed by atoms with Gasteiger partial charge in [-0.25, -0.2) is 12.7 Å². The van der Waals surface area contributed by atoms with E-state index in [1.54, 1.807) is 12.1 Å². The van der Waals surface area contributed by atoms with Crippen LogP contribution in [0.2, 0.25) is 0 Å². The van der Waals surface area contributed by atoms with Crippen LogP contribution in [0.3, 0.4) is 0 Å². The van der Waals surface area contributed by atoms with E-state index in [0.717, 1.165) is 29.1 Å². The van der Waals surface area contributed by atoms with Crippen molar-refractivity contribution >= 4 is 32.7 Å². The van der Waals surface area contributed by atoms with Gasteiger partial charge < -0.3 is 9.47 Å². The van der Waals surface area contributed by atoms with Gasteiger partial charge in [-0.2, -0.15) is 0 Å². The van der Waals surface area contributed by atoms with E-state index in [1.165, 1.54) is 39.9 Å². The van der Waals surface area contributed by atoms with Gasteiger partial charge in [0.05, 0.1) is 10.9 Å². The van der Waals surface area contributed by atoms with Crippen LogP contribution in [0.4, 0.5) is 0 Å². The van der Waals surface area contributed by atoms with Crippen LogP contribution in [-0.2, 0) is 32.6 Å². The molecule has 0 N–H and O–H groups in total. The number of aromatic nitrogens is 1. The highest BCUT2D eigenvalue weighted by Crippen LogP contribution is 2.43. The van der Waals surface area contributed by atoms with E-state index in [2.05, 4.69) is 29.7 Å². The predicted octanol–water partition coefficient (Wildman–Crippen LogP) is 3.86. The Balaban J connectivity index is 1.37. The quantitative estimate of drug-likeness (QED) is 0.557. The minimum absolute atomic E-state index is 0.0465. The second-order valence-electron chi connectivity index (χ2n) is 10.0. The predicted molar refractivity (Wildman–Crippen MR) is 132 cm³/mol. The third kappa shape index (κ3) is 3.33. The van der Waals surface area contributed by atoms with Crippen LogP contribution >= 0.6 is 0 Å². The van der Waals surface area contributed by atoms with Gasteiger partial charge in [-0.05, 0) is 69.4 Å². The van der Waals surface area contributed by atoms with Gasteiger partial charge >= 0.3 is 0 Å². The van der Waals surface area contributed by atoms with Crippen molar-refractivity contribution in [3.05, 3.63) is 64.8 Å². The summed E-state index contributed by atoms with van der Waals surface area (Å²) in [4.78, 5) is 28.6. The molecule has 3 aliphatic rings. The maximum atomic E-state index is 13.9. The van der Waals surface area contributed by atoms with E-state index >= 15 is 0 Å². The molecule has 0 bridgehead atoms. The molecule has 0 saturated carbocycles. The Morgan fingerprint density at radius 3 is 2.46 bits per heavy atom. The second kappa shape index (κ2) is 7.95. The molecule has 2 aromatic carbocycles. The summed E-state index contributed by atoms with van der Waals surface area (Å²) in [6, 6.07) is 11.9. The summed E-state index contributed by atoms with van der Waals surface area (Å²) in [5.41, 5.74) is 5.85. The van der Waals surface area contributed by atoms with Gasteiger partial charge in [0, 0.05) is 36.1 Å². The fraction of sp³-hybridized carbons (Fsp3) is 0.407. The van der Waals surface area contributed by atoms with Crippen molar-refractivity contribution in [3.63, 3.8) is 0 Å². The Kier molecular flexibility index (Phi) is 5.07. The molecule has 1 aliphatic carbocycles. The molecule has 182 valence electrons. The lowest BCUT2D eigenvalue weighted by atomic mass is 9.89. The van der Waals surface area contributed by atoms with Crippen LogP contribution in [0.15, 0.2) is 47.4 Å². The Morgan fingerprint density at radius 1 is 0.943 bits per heavy atom. The van der Waals surface area contributed by atoms with Crippen molar-refractivity contribution in [1.82, 2.24) is 13.8 Å². The zero-order chi connectivity index (χ0) is 24.5. The molecule has 1 fully saturated rings. The normalized spacial score (nSPS) is 22.1. The lowest BCUT2D eigenvalue weighted by Crippen LogP contribution is -2.52. The number of aryl methyl sites for hydroxylation is 3. The first-order chi connectivity index (χ1) is 16.8. The molecule has 7 nitrogen and oxygen atoms in total. The summed E-state index contributed by atoms with van der Waals surface area (Å²) < 4.78 is 30.1. The molecule has 1 aromatic heterocycles. The highest BCUT2D eigenvalue weighted by atomic mass is 32.2. The number of hydrogen-bond donors (Lipinski definition) is 0. The summed E-state index contributed by atoms with van der Waals surface area (Å²) in [5, 5.41) is 1.26. The molecular formula is C27H29N3O4S. The standard InChI is InChI=1S/C27H29N3O4S/c1-17-6-9-19(10-7-17)35(33,34)30-24(12-13-25(30)31)27(32)29-15-14-28-22-11-8-18(2)16-21(22)20-4-3-5-23(29)26(20)28/h6-11,16,23-24H,3-5,12-15H2,1-2H3/t23-,24-/m0/s1. The van der Waals surface area contributed by atoms with Gasteiger partial charge in [-0.3, -0.25) is 9.59 Å². The lowest BCUT2D eigenvalue weighted by molar-refractivity contribution is -0.141. The third-order valence-corrected chi connectivity index (χ3v) is 9.68. The number of nitrogens with zero attached hydrogens (tertiary/aromatic N) is 3. The second-order valence-corrected chi connectivity index (χ2v) is 11.9. The summed E-state index contributed by atoms with van der Waals surface area (Å²) in [6.45, 7) is 5.15. The number of sulfonamides is 1. The monoisotopic (exact) mass is 491 g/mol. The number of rotatable bonds is 3. The smallest absolute Gasteiger partial charge is 0.267 e. The molecule has 6 rings (SSSR count). The van der Waals surface area contributed by atoms with Crippen LogP contribution < -0.4 is 0 Å². The molecule has 1 saturated heterocycles. The van der Waals surface area contributed by atoms with Crippen LogP contribution in [0.5, 0.6) is 0 Å². The van der Waals surface area contributed by atoms with E-state index in [1.807, 2.05) is 11.8 Å². The maximum absolute atomic E-state index is 13.9. The van der Waals surface area contributed by atoms with Crippen molar-refractivity contribution in [1.29, 1.82) is 0 Å². The molecule has 3 heterocycles. The molecular weight excluding hydrogens is 462 g/mol. The number of carbonyl (C=O) groups is 2. The topological polar surface area (TPSA) is 79.7 Å². The van der Waals surface area contributed by atoms with E-state index in [9.17, 15) is 18.0 Å². The van der Waals surface area contributed by atoms with Gasteiger partial charge in [0.15, 0.2) is 0 Å². The third-order valence-electron chi connectivity index (χ3n) is 7.84. The lowest BCUT2D eigenvalue weighted by Gasteiger charge is -2.41. The number of amides is 2. The van der Waals surface area contributed by atoms with Crippen LogP contribution in [0, 0.1) is 13.8 Å². The SMILES string of the molecule is Cc1ccc(S(=O)(=O)N2C(=O)CC[C@H]2C(=O)N2CCn3c4c(c5cc(C)ccc53)CCC[C@@H]42)cc1. The first-order valence-corrected chi connectivity index (χ1v) is 13.8. The first kappa shape index (κ1) is 22.3. The number of carbonyl (C=O) groups excluding carboxylic acids is 2. The van der Waals surface area contributed by atoms with Crippen molar-refractivity contribution in [3.8, 4) is 0 Å². The van der Waals surface area contributed by atoms with Crippen LogP contribution in [0.1, 0.15) is 54.1 Å². The van der Waals surface area contributed by atoms with Crippen LogP contribution in [0.25, 0.3) is 10.9 Å². The van der Waals surface area contributed by atoms with Crippen molar-refractivity contribution in [2.24, 2.45) is 0 Å². The van der Waals surface area contributed by atoms with E-state index in [-0.39, 0.29) is 29.7 Å². The van der Waals surface area contributed by atoms with Crippen LogP contribution in [-0.4, -0.2) is 46.6 Å². The molecule has 2 atom stereocenters. The van der Waals surface area contributed by atoms with Crippen molar-refractivity contribution in [2.45, 2.75) is 69.5 Å². The summed E-state index contributed by atoms with van der Waals surface area (Å²) in [7, 11) is -4.11. The number of hydrogen-bond acceptors (Lipinski definition) is 4. The minimum atomic E-state index is -4.11. The van der Waals surface area contributed by atoms with E-state index in [4.69, 9.17) is 0 Å². The van der Waals surface area contributed by atoms with Gasteiger partial charge in [-0.15, -0.1) is 0 Å². The molecule has 0 unspecified atom stereocenters. The largest absolute Gasteiger partial charge is 0.341 e. The average molecular weight is 492 g/mol. The fourth-order valence-electron chi connectivity index (χ4n) is 6.18. The van der Waals surface area contributed by atoms with Gasteiger partial charge in [0.2, 0.25) is 11.8 Å². The first-order valence-electron chi connectivity index (χ1n) is 12.3.